The zero-order chi connectivity index (χ0) is 23.5. The molecule has 0 saturated carbocycles. The monoisotopic (exact) mass is 636 g/mol. The molecule has 1 fully saturated rings. The van der Waals surface area contributed by atoms with Crippen molar-refractivity contribution in [1.82, 2.24) is 10.2 Å². The molecule has 0 radical (unpaired) electrons. The minimum atomic E-state index is -0.449. The summed E-state index contributed by atoms with van der Waals surface area (Å²) in [5.74, 6) is 0.132. The smallest absolute Gasteiger partial charge is 0.329 e. The van der Waals surface area contributed by atoms with E-state index in [9.17, 15) is 9.59 Å². The van der Waals surface area contributed by atoms with Gasteiger partial charge in [0, 0.05) is 3.57 Å². The Morgan fingerprint density at radius 1 is 1.09 bits per heavy atom. The van der Waals surface area contributed by atoms with E-state index in [2.05, 4.69) is 43.8 Å². The molecule has 1 aliphatic rings. The van der Waals surface area contributed by atoms with Crippen LogP contribution < -0.4 is 10.1 Å². The van der Waals surface area contributed by atoms with Crippen molar-refractivity contribution in [3.05, 3.63) is 102 Å². The summed E-state index contributed by atoms with van der Waals surface area (Å²) in [6.45, 7) is 2.55. The topological polar surface area (TPSA) is 58.6 Å². The van der Waals surface area contributed by atoms with Gasteiger partial charge in [0.05, 0.1) is 16.0 Å². The van der Waals surface area contributed by atoms with E-state index in [1.807, 2.05) is 55.5 Å². The zero-order valence-corrected chi connectivity index (χ0v) is 22.1. The number of rotatable bonds is 6. The molecule has 3 aromatic rings. The molecule has 5 nitrogen and oxygen atoms in total. The van der Waals surface area contributed by atoms with Gasteiger partial charge >= 0.3 is 6.03 Å². The van der Waals surface area contributed by atoms with E-state index in [1.165, 1.54) is 4.90 Å². The second kappa shape index (κ2) is 10.3. The Hall–Kier alpha value is -2.36. The predicted molar refractivity (Wildman–Crippen MR) is 141 cm³/mol. The summed E-state index contributed by atoms with van der Waals surface area (Å²) in [7, 11) is 0. The van der Waals surface area contributed by atoms with Crippen LogP contribution in [0.25, 0.3) is 6.08 Å². The standard InChI is InChI=1S/C25H19BrClIN2O3/c1-15-3-2-4-17(9-15)13-30-24(31)22(29-25(30)32)12-18-10-20(26)23(21(27)11-18)33-14-16-5-7-19(28)8-6-16/h2-12H,13-14H2,1H3,(H,29,32)/b22-12+. The van der Waals surface area contributed by atoms with Gasteiger partial charge < -0.3 is 10.1 Å². The summed E-state index contributed by atoms with van der Waals surface area (Å²) >= 11 is 12.2. The summed E-state index contributed by atoms with van der Waals surface area (Å²) in [6, 6.07) is 18.8. The Labute approximate surface area is 219 Å². The van der Waals surface area contributed by atoms with Crippen molar-refractivity contribution >= 4 is 68.1 Å². The lowest BCUT2D eigenvalue weighted by molar-refractivity contribution is -0.123. The quantitative estimate of drug-likeness (QED) is 0.186. The van der Waals surface area contributed by atoms with E-state index in [4.69, 9.17) is 16.3 Å². The average Bonchev–Trinajstić information content (AvgIpc) is 3.02. The summed E-state index contributed by atoms with van der Waals surface area (Å²) in [6.07, 6.45) is 1.61. The van der Waals surface area contributed by atoms with Gasteiger partial charge in [0.1, 0.15) is 12.3 Å². The Morgan fingerprint density at radius 3 is 2.55 bits per heavy atom. The van der Waals surface area contributed by atoms with Crippen LogP contribution in [0.4, 0.5) is 4.79 Å². The van der Waals surface area contributed by atoms with E-state index in [0.29, 0.717) is 27.4 Å². The fourth-order valence-electron chi connectivity index (χ4n) is 3.41. The molecule has 0 aromatic heterocycles. The second-order valence-corrected chi connectivity index (χ2v) is 10.1. The molecule has 8 heteroatoms. The van der Waals surface area contributed by atoms with Crippen molar-refractivity contribution in [2.45, 2.75) is 20.1 Å². The van der Waals surface area contributed by atoms with Crippen LogP contribution in [0.2, 0.25) is 5.02 Å². The summed E-state index contributed by atoms with van der Waals surface area (Å²) in [4.78, 5) is 26.4. The van der Waals surface area contributed by atoms with Crippen LogP contribution in [0, 0.1) is 10.5 Å². The van der Waals surface area contributed by atoms with Crippen LogP contribution in [0.5, 0.6) is 5.75 Å². The van der Waals surface area contributed by atoms with E-state index >= 15 is 0 Å². The molecular formula is C25H19BrClIN2O3. The molecule has 1 aliphatic heterocycles. The lowest BCUT2D eigenvalue weighted by atomic mass is 10.1. The molecule has 0 bridgehead atoms. The molecule has 3 aromatic carbocycles. The number of aryl methyl sites for hydroxylation is 1. The van der Waals surface area contributed by atoms with Crippen LogP contribution in [0.1, 0.15) is 22.3 Å². The molecule has 1 saturated heterocycles. The van der Waals surface area contributed by atoms with E-state index in [1.54, 1.807) is 18.2 Å². The summed E-state index contributed by atoms with van der Waals surface area (Å²) in [5, 5.41) is 3.05. The maximum Gasteiger partial charge on any atom is 0.329 e. The number of urea groups is 1. The molecule has 0 unspecified atom stereocenters. The van der Waals surface area contributed by atoms with E-state index in [0.717, 1.165) is 20.3 Å². The van der Waals surface area contributed by atoms with Gasteiger partial charge in [0.2, 0.25) is 0 Å². The molecule has 0 spiro atoms. The molecule has 3 amide bonds. The maximum atomic E-state index is 12.8. The van der Waals surface area contributed by atoms with Crippen molar-refractivity contribution in [3.63, 3.8) is 0 Å². The Kier molecular flexibility index (Phi) is 7.41. The normalized spacial score (nSPS) is 14.7. The van der Waals surface area contributed by atoms with Crippen molar-refractivity contribution < 1.29 is 14.3 Å². The van der Waals surface area contributed by atoms with E-state index in [-0.39, 0.29) is 18.1 Å². The molecule has 0 aliphatic carbocycles. The first-order valence-corrected chi connectivity index (χ1v) is 12.3. The number of hydrogen-bond donors (Lipinski definition) is 1. The van der Waals surface area contributed by atoms with Gasteiger partial charge in [0.25, 0.3) is 5.91 Å². The van der Waals surface area contributed by atoms with Gasteiger partial charge in [-0.15, -0.1) is 0 Å². The first kappa shape index (κ1) is 23.8. The highest BCUT2D eigenvalue weighted by molar-refractivity contribution is 14.1. The van der Waals surface area contributed by atoms with Gasteiger partial charge in [0.15, 0.2) is 5.75 Å². The number of hydrogen-bond acceptors (Lipinski definition) is 3. The summed E-state index contributed by atoms with van der Waals surface area (Å²) in [5.41, 5.74) is 3.84. The number of nitrogens with one attached hydrogen (secondary N) is 1. The number of ether oxygens (including phenoxy) is 1. The zero-order valence-electron chi connectivity index (χ0n) is 17.6. The van der Waals surface area contributed by atoms with Crippen LogP contribution in [-0.2, 0) is 17.9 Å². The van der Waals surface area contributed by atoms with Crippen LogP contribution in [0.15, 0.2) is 70.8 Å². The molecule has 4 rings (SSSR count). The minimum absolute atomic E-state index is 0.197. The first-order valence-electron chi connectivity index (χ1n) is 10.1. The third kappa shape index (κ3) is 5.77. The van der Waals surface area contributed by atoms with Crippen molar-refractivity contribution in [2.75, 3.05) is 0 Å². The maximum absolute atomic E-state index is 12.8. The molecule has 0 atom stereocenters. The SMILES string of the molecule is Cc1cccc(CN2C(=O)N/C(=C/c3cc(Cl)c(OCc4ccc(I)cc4)c(Br)c3)C2=O)c1. The highest BCUT2D eigenvalue weighted by Gasteiger charge is 2.33. The Balaban J connectivity index is 1.49. The number of imide groups is 1. The van der Waals surface area contributed by atoms with Crippen molar-refractivity contribution in [1.29, 1.82) is 0 Å². The first-order chi connectivity index (χ1) is 15.8. The lowest BCUT2D eigenvalue weighted by Gasteiger charge is -2.12. The van der Waals surface area contributed by atoms with Crippen LogP contribution >= 0.6 is 50.1 Å². The lowest BCUT2D eigenvalue weighted by Crippen LogP contribution is -2.30. The fraction of sp³-hybridized carbons (Fsp3) is 0.120. The fourth-order valence-corrected chi connectivity index (χ4v) is 4.76. The van der Waals surface area contributed by atoms with Crippen molar-refractivity contribution in [2.24, 2.45) is 0 Å². The average molecular weight is 638 g/mol. The summed E-state index contributed by atoms with van der Waals surface area (Å²) < 4.78 is 7.71. The molecule has 168 valence electrons. The van der Waals surface area contributed by atoms with Gasteiger partial charge in [-0.1, -0.05) is 53.6 Å². The number of nitrogens with zero attached hydrogens (tertiary/aromatic N) is 1. The van der Waals surface area contributed by atoms with Gasteiger partial charge in [-0.2, -0.15) is 0 Å². The molecule has 1 N–H and O–H groups in total. The molecule has 33 heavy (non-hydrogen) atoms. The largest absolute Gasteiger partial charge is 0.486 e. The number of carbonyl (C=O) groups excluding carboxylic acids is 2. The predicted octanol–water partition coefficient (Wildman–Crippen LogP) is 6.69. The highest BCUT2D eigenvalue weighted by Crippen LogP contribution is 2.36. The van der Waals surface area contributed by atoms with Crippen molar-refractivity contribution in [3.8, 4) is 5.75 Å². The van der Waals surface area contributed by atoms with E-state index < -0.39 is 6.03 Å². The number of amides is 3. The van der Waals surface area contributed by atoms with Gasteiger partial charge in [-0.3, -0.25) is 9.69 Å². The third-order valence-corrected chi connectivity index (χ3v) is 6.60. The molecular weight excluding hydrogens is 619 g/mol. The van der Waals surface area contributed by atoms with Gasteiger partial charge in [-0.25, -0.2) is 4.79 Å². The number of halogens is 3. The second-order valence-electron chi connectivity index (χ2n) is 7.60. The third-order valence-electron chi connectivity index (χ3n) is 5.01. The van der Waals surface area contributed by atoms with Crippen LogP contribution in [-0.4, -0.2) is 16.8 Å². The number of benzene rings is 3. The minimum Gasteiger partial charge on any atom is -0.486 e. The Bertz CT molecular complexity index is 1240. The number of carbonyl (C=O) groups is 2. The van der Waals surface area contributed by atoms with Gasteiger partial charge in [-0.05, 0) is 92.5 Å². The Morgan fingerprint density at radius 2 is 1.85 bits per heavy atom. The van der Waals surface area contributed by atoms with Crippen LogP contribution in [0.3, 0.4) is 0 Å². The highest BCUT2D eigenvalue weighted by atomic mass is 127. The molecule has 1 heterocycles.